The van der Waals surface area contributed by atoms with E-state index in [4.69, 9.17) is 5.73 Å². The number of likely N-dealkylation sites (N-methyl/N-ethyl adjacent to an activating group) is 1. The maximum atomic E-state index is 13.9. The second kappa shape index (κ2) is 26.8. The fourth-order valence-electron chi connectivity index (χ4n) is 8.08. The van der Waals surface area contributed by atoms with Crippen molar-refractivity contribution < 1.29 is 57.8 Å². The van der Waals surface area contributed by atoms with Gasteiger partial charge in [-0.2, -0.15) is 0 Å². The molecular weight excluding hydrogens is 831 g/mol. The van der Waals surface area contributed by atoms with Crippen molar-refractivity contribution in [1.29, 1.82) is 0 Å². The third-order valence-electron chi connectivity index (χ3n) is 11.9. The van der Waals surface area contributed by atoms with Crippen molar-refractivity contribution >= 4 is 64.4 Å². The van der Waals surface area contributed by atoms with Crippen molar-refractivity contribution in [3.63, 3.8) is 0 Å². The molecule has 0 aromatic carbocycles. The standard InChI is InChI=1S/C45H73N7O12/c1-9-51(8)45(64)34-11-10-18-52(34)41(61)17-14-35(55)28(7)48-43(62)29(19-25(2)3)22-38(58)42(26(4)5)50-44(63)30(20-27(6)53)21-37(57)32(12-15-39(46)59)49-40(60)16-13-36(56)33-23-31(54)24-47-33/h25-26,28-34,42,47,54H,9-24H2,1-8H3,(H2,46,59)(H,48,62)(H,49,60)(H,50,63)/t28-,29+,30+,31+,32-,33-,34-,42-/m0/s1. The highest BCUT2D eigenvalue weighted by Gasteiger charge is 2.37. The number of hydrogen-bond donors (Lipinski definition) is 6. The summed E-state index contributed by atoms with van der Waals surface area (Å²) in [6, 6.07) is -4.57. The van der Waals surface area contributed by atoms with Crippen LogP contribution in [0.1, 0.15) is 132 Å². The van der Waals surface area contributed by atoms with Gasteiger partial charge in [0, 0.05) is 84.0 Å². The van der Waals surface area contributed by atoms with E-state index in [2.05, 4.69) is 21.3 Å². The zero-order valence-electron chi connectivity index (χ0n) is 39.0. The first-order chi connectivity index (χ1) is 29.9. The van der Waals surface area contributed by atoms with E-state index in [9.17, 15) is 57.8 Å². The average Bonchev–Trinajstić information content (AvgIpc) is 3.90. The lowest BCUT2D eigenvalue weighted by Gasteiger charge is -2.28. The summed E-state index contributed by atoms with van der Waals surface area (Å²) in [5.41, 5.74) is 5.32. The topological polar surface area (TPSA) is 289 Å². The molecular formula is C45H73N7O12. The number of amides is 6. The summed E-state index contributed by atoms with van der Waals surface area (Å²) in [6.45, 7) is 12.8. The first-order valence-corrected chi connectivity index (χ1v) is 22.7. The van der Waals surface area contributed by atoms with E-state index in [-0.39, 0.29) is 94.3 Å². The molecule has 6 amide bonds. The predicted octanol–water partition coefficient (Wildman–Crippen LogP) is 0.449. The minimum absolute atomic E-state index is 0.0464. The van der Waals surface area contributed by atoms with Crippen molar-refractivity contribution in [2.75, 3.05) is 26.7 Å². The number of aliphatic hydroxyl groups excluding tert-OH is 1. The van der Waals surface area contributed by atoms with Crippen LogP contribution in [0.2, 0.25) is 0 Å². The molecule has 2 aliphatic heterocycles. The number of β-amino-alcohol motifs (C(OH)–C–C–N with tert-alkyl or cyclic N) is 1. The van der Waals surface area contributed by atoms with Crippen LogP contribution in [0.15, 0.2) is 0 Å². The van der Waals surface area contributed by atoms with Crippen molar-refractivity contribution in [2.24, 2.45) is 29.4 Å². The van der Waals surface area contributed by atoms with Gasteiger partial charge in [-0.05, 0) is 64.7 Å². The molecule has 0 aromatic heterocycles. The number of nitrogens with two attached hydrogens (primary N) is 1. The van der Waals surface area contributed by atoms with Gasteiger partial charge in [0.1, 0.15) is 17.6 Å². The van der Waals surface area contributed by atoms with E-state index in [1.807, 2.05) is 20.8 Å². The quantitative estimate of drug-likeness (QED) is 0.0596. The minimum Gasteiger partial charge on any atom is -0.392 e. The van der Waals surface area contributed by atoms with Crippen LogP contribution in [0.25, 0.3) is 0 Å². The number of Topliss-reactive ketones (excluding diaryl/α,β-unsaturated/α-hetero) is 5. The van der Waals surface area contributed by atoms with Gasteiger partial charge in [-0.1, -0.05) is 27.7 Å². The third-order valence-corrected chi connectivity index (χ3v) is 11.9. The number of ketones is 5. The van der Waals surface area contributed by atoms with E-state index < -0.39 is 107 Å². The summed E-state index contributed by atoms with van der Waals surface area (Å²) in [7, 11) is 1.67. The Bertz CT molecular complexity index is 1720. The lowest BCUT2D eigenvalue weighted by atomic mass is 9.86. The molecule has 0 unspecified atom stereocenters. The van der Waals surface area contributed by atoms with Gasteiger partial charge in [0.25, 0.3) is 0 Å². The van der Waals surface area contributed by atoms with Crippen LogP contribution in [-0.4, -0.2) is 142 Å². The van der Waals surface area contributed by atoms with E-state index in [0.717, 1.165) is 0 Å². The number of nitrogens with one attached hydrogen (secondary N) is 4. The minimum atomic E-state index is -1.28. The Morgan fingerprint density at radius 1 is 0.797 bits per heavy atom. The molecule has 64 heavy (non-hydrogen) atoms. The van der Waals surface area contributed by atoms with Crippen LogP contribution >= 0.6 is 0 Å². The Morgan fingerprint density at radius 2 is 1.44 bits per heavy atom. The summed E-state index contributed by atoms with van der Waals surface area (Å²) in [5, 5.41) is 20.5. The second-order valence-electron chi connectivity index (χ2n) is 18.2. The summed E-state index contributed by atoms with van der Waals surface area (Å²) in [4.78, 5) is 147. The molecule has 2 fully saturated rings. The van der Waals surface area contributed by atoms with Crippen molar-refractivity contribution in [2.45, 2.75) is 168 Å². The third kappa shape index (κ3) is 18.3. The molecule has 0 saturated carbocycles. The highest BCUT2D eigenvalue weighted by atomic mass is 16.3. The first-order valence-electron chi connectivity index (χ1n) is 22.7. The molecule has 19 heteroatoms. The summed E-state index contributed by atoms with van der Waals surface area (Å²) in [5.74, 6) is -8.20. The molecule has 360 valence electrons. The Hall–Kier alpha value is -4.91. The Balaban J connectivity index is 2.12. The number of aliphatic hydroxyl groups is 1. The Labute approximate surface area is 376 Å². The van der Waals surface area contributed by atoms with Gasteiger partial charge < -0.3 is 46.7 Å². The van der Waals surface area contributed by atoms with Gasteiger partial charge in [0.2, 0.25) is 35.4 Å². The number of carbonyl (C=O) groups excluding carboxylic acids is 11. The van der Waals surface area contributed by atoms with Gasteiger partial charge in [0.05, 0.1) is 36.2 Å². The fourth-order valence-corrected chi connectivity index (χ4v) is 8.08. The van der Waals surface area contributed by atoms with Gasteiger partial charge in [-0.25, -0.2) is 0 Å². The summed E-state index contributed by atoms with van der Waals surface area (Å²) < 4.78 is 0. The molecule has 2 rings (SSSR count). The smallest absolute Gasteiger partial charge is 0.245 e. The fraction of sp³-hybridized carbons (Fsp3) is 0.756. The lowest BCUT2D eigenvalue weighted by molar-refractivity contribution is -0.143. The second-order valence-corrected chi connectivity index (χ2v) is 18.2. The molecule has 2 saturated heterocycles. The SMILES string of the molecule is CCN(C)C(=O)[C@@H]1CCCN1C(=O)CCC(=O)[C@H](C)NC(=O)[C@@H](CC(=O)[C@@H](NC(=O)[C@H](CC(C)=O)CC(=O)[C@H](CCC(N)=O)NC(=O)CCC(=O)[C@@H]1C[C@@H](O)CN1)C(C)C)CC(C)C. The van der Waals surface area contributed by atoms with Gasteiger partial charge in [0.15, 0.2) is 17.3 Å². The Kier molecular flexibility index (Phi) is 23.1. The van der Waals surface area contributed by atoms with Crippen LogP contribution in [-0.2, 0) is 52.7 Å². The average molecular weight is 904 g/mol. The first kappa shape index (κ1) is 55.2. The maximum absolute atomic E-state index is 13.9. The molecule has 0 aromatic rings. The molecule has 0 bridgehead atoms. The number of rotatable bonds is 29. The summed E-state index contributed by atoms with van der Waals surface area (Å²) in [6.07, 6.45) is -1.44. The lowest BCUT2D eigenvalue weighted by Crippen LogP contribution is -2.50. The van der Waals surface area contributed by atoms with Crippen molar-refractivity contribution in [3.8, 4) is 0 Å². The molecule has 0 spiro atoms. The van der Waals surface area contributed by atoms with Crippen LogP contribution < -0.4 is 27.0 Å². The molecule has 2 heterocycles. The van der Waals surface area contributed by atoms with E-state index in [1.165, 1.54) is 18.7 Å². The number of primary amides is 1. The number of likely N-dealkylation sites (tertiary alicyclic amines) is 1. The molecule has 0 radical (unpaired) electrons. The normalized spacial score (nSPS) is 19.5. The largest absolute Gasteiger partial charge is 0.392 e. The highest BCUT2D eigenvalue weighted by Crippen LogP contribution is 2.23. The van der Waals surface area contributed by atoms with Crippen LogP contribution in [0.3, 0.4) is 0 Å². The Morgan fingerprint density at radius 3 is 2.00 bits per heavy atom. The monoisotopic (exact) mass is 904 g/mol. The van der Waals surface area contributed by atoms with Crippen LogP contribution in [0, 0.1) is 23.7 Å². The molecule has 2 aliphatic rings. The molecule has 0 aliphatic carbocycles. The van der Waals surface area contributed by atoms with E-state index in [1.54, 1.807) is 25.8 Å². The predicted molar refractivity (Wildman–Crippen MR) is 235 cm³/mol. The maximum Gasteiger partial charge on any atom is 0.245 e. The molecule has 19 nitrogen and oxygen atoms in total. The van der Waals surface area contributed by atoms with Crippen molar-refractivity contribution in [3.05, 3.63) is 0 Å². The molecule has 8 atom stereocenters. The molecule has 7 N–H and O–H groups in total. The van der Waals surface area contributed by atoms with Crippen LogP contribution in [0.5, 0.6) is 0 Å². The van der Waals surface area contributed by atoms with Crippen LogP contribution in [0.4, 0.5) is 0 Å². The van der Waals surface area contributed by atoms with Gasteiger partial charge in [-0.15, -0.1) is 0 Å². The zero-order chi connectivity index (χ0) is 48.4. The van der Waals surface area contributed by atoms with Crippen molar-refractivity contribution in [1.82, 2.24) is 31.1 Å². The van der Waals surface area contributed by atoms with E-state index >= 15 is 0 Å². The number of nitrogens with zero attached hydrogens (tertiary/aromatic N) is 2. The zero-order valence-corrected chi connectivity index (χ0v) is 39.0. The van der Waals surface area contributed by atoms with Gasteiger partial charge >= 0.3 is 0 Å². The number of hydrogen-bond acceptors (Lipinski definition) is 13. The summed E-state index contributed by atoms with van der Waals surface area (Å²) >= 11 is 0. The number of carbonyl (C=O) groups is 11. The van der Waals surface area contributed by atoms with E-state index in [0.29, 0.717) is 25.9 Å². The highest BCUT2D eigenvalue weighted by molar-refractivity contribution is 5.98. The van der Waals surface area contributed by atoms with Gasteiger partial charge in [-0.3, -0.25) is 47.9 Å².